The van der Waals surface area contributed by atoms with Gasteiger partial charge in [-0.1, -0.05) is 52.9 Å². The van der Waals surface area contributed by atoms with Crippen molar-refractivity contribution in [3.05, 3.63) is 0 Å². The molecule has 0 fully saturated rings. The van der Waals surface area contributed by atoms with Crippen LogP contribution in [0.15, 0.2) is 0 Å². The van der Waals surface area contributed by atoms with E-state index in [1.807, 2.05) is 0 Å². The van der Waals surface area contributed by atoms with Crippen LogP contribution in [0.2, 0.25) is 0 Å². The van der Waals surface area contributed by atoms with Gasteiger partial charge >= 0.3 is 0 Å². The summed E-state index contributed by atoms with van der Waals surface area (Å²) in [5.74, 6) is 0. The molecule has 0 aliphatic carbocycles. The van der Waals surface area contributed by atoms with E-state index in [2.05, 4.69) is 30.0 Å². The van der Waals surface area contributed by atoms with Gasteiger partial charge in [0.05, 0.1) is 0 Å². The Kier molecular flexibility index (Phi) is 13.5. The lowest BCUT2D eigenvalue weighted by molar-refractivity contribution is 0.434. The van der Waals surface area contributed by atoms with Crippen molar-refractivity contribution in [1.82, 2.24) is 0 Å². The van der Waals surface area contributed by atoms with Crippen LogP contribution in [0.25, 0.3) is 0 Å². The van der Waals surface area contributed by atoms with E-state index >= 15 is 0 Å². The largest absolute Gasteiger partial charge is 0.131 e. The molecule has 0 aromatic rings. The molecule has 0 radical (unpaired) electrons. The molecule has 0 amide bonds. The van der Waals surface area contributed by atoms with E-state index in [-0.39, 0.29) is 0 Å². The molecule has 0 N–H and O–H groups in total. The Hall–Kier alpha value is 0.860. The molecule has 0 bridgehead atoms. The van der Waals surface area contributed by atoms with Crippen molar-refractivity contribution in [1.29, 1.82) is 0 Å². The first kappa shape index (κ1) is 18.9. The number of unbranched alkanes of at least 4 members (excludes halogenated alkanes) is 3. The normalized spacial score (nSPS) is 12.7. The molecule has 0 saturated heterocycles. The maximum absolute atomic E-state index is 3.23. The summed E-state index contributed by atoms with van der Waals surface area (Å²) in [6.45, 7) is 6.93. The lowest BCUT2D eigenvalue weighted by Crippen LogP contribution is -2.20. The van der Waals surface area contributed by atoms with Gasteiger partial charge in [0.15, 0.2) is 0 Å². The summed E-state index contributed by atoms with van der Waals surface area (Å²) in [7, 11) is 4.45. The monoisotopic (exact) mass is 290 g/mol. The van der Waals surface area contributed by atoms with Crippen LogP contribution < -0.4 is 0 Å². The van der Waals surface area contributed by atoms with E-state index in [9.17, 15) is 0 Å². The van der Waals surface area contributed by atoms with Gasteiger partial charge in [-0.15, -0.1) is 17.8 Å². The molecule has 0 nitrogen and oxygen atoms in total. The minimum absolute atomic E-state index is 0.571. The molecule has 2 unspecified atom stereocenters. The van der Waals surface area contributed by atoms with Crippen molar-refractivity contribution in [2.24, 2.45) is 0 Å². The first-order valence-corrected chi connectivity index (χ1v) is 10.2. The van der Waals surface area contributed by atoms with Crippen LogP contribution in [-0.4, -0.2) is 17.5 Å². The van der Waals surface area contributed by atoms with Gasteiger partial charge in [-0.25, -0.2) is 0 Å². The Morgan fingerprint density at radius 1 is 0.722 bits per heavy atom. The van der Waals surface area contributed by atoms with Crippen LogP contribution in [0.5, 0.6) is 0 Å². The highest BCUT2D eigenvalue weighted by Gasteiger charge is 2.22. The third-order valence-corrected chi connectivity index (χ3v) is 6.07. The van der Waals surface area contributed by atoms with Crippen LogP contribution in [-0.2, 0) is 0 Å². The van der Waals surface area contributed by atoms with Crippen LogP contribution in [0.4, 0.5) is 0 Å². The molecule has 0 rings (SSSR count). The van der Waals surface area contributed by atoms with Crippen LogP contribution >= 0.6 is 17.8 Å². The summed E-state index contributed by atoms with van der Waals surface area (Å²) >= 11 is 0. The predicted molar refractivity (Wildman–Crippen MR) is 93.7 cm³/mol. The maximum atomic E-state index is 3.23. The van der Waals surface area contributed by atoms with Gasteiger partial charge in [0.2, 0.25) is 0 Å². The van der Waals surface area contributed by atoms with E-state index in [4.69, 9.17) is 0 Å². The van der Waals surface area contributed by atoms with E-state index in [1.54, 1.807) is 0 Å². The Labute approximate surface area is 120 Å². The highest BCUT2D eigenvalue weighted by atomic mass is 31.1. The smallest absolute Gasteiger partial charge is 0.0150 e. The molecule has 18 heavy (non-hydrogen) atoms. The quantitative estimate of drug-likeness (QED) is 0.278. The van der Waals surface area contributed by atoms with Gasteiger partial charge in [0.1, 0.15) is 0 Å². The average Bonchev–Trinajstić information content (AvgIpc) is 2.38. The Balaban J connectivity index is 3.77. The van der Waals surface area contributed by atoms with Crippen molar-refractivity contribution in [3.8, 4) is 0 Å². The SMILES string of the molecule is CCCCPCCCC(P)(CCCC)CCCC. The molecule has 0 aliphatic rings. The second-order valence-electron chi connectivity index (χ2n) is 5.78. The molecule has 2 heteroatoms. The van der Waals surface area contributed by atoms with Gasteiger partial charge in [-0.3, -0.25) is 0 Å². The third-order valence-electron chi connectivity index (χ3n) is 3.79. The van der Waals surface area contributed by atoms with Crippen molar-refractivity contribution in [3.63, 3.8) is 0 Å². The van der Waals surface area contributed by atoms with Gasteiger partial charge in [-0.05, 0) is 49.6 Å². The molecule has 110 valence electrons. The molecule has 0 aliphatic heterocycles. The second-order valence-corrected chi connectivity index (χ2v) is 8.50. The van der Waals surface area contributed by atoms with E-state index in [1.165, 1.54) is 85.1 Å². The minimum Gasteiger partial charge on any atom is -0.131 e. The topological polar surface area (TPSA) is 0 Å². The fraction of sp³-hybridized carbons (Fsp3) is 1.00. The zero-order valence-corrected chi connectivity index (χ0v) is 15.2. The lowest BCUT2D eigenvalue weighted by atomic mass is 9.90. The number of rotatable bonds is 13. The third kappa shape index (κ3) is 10.8. The molecular weight excluding hydrogens is 254 g/mol. The van der Waals surface area contributed by atoms with Gasteiger partial charge in [-0.2, -0.15) is 0 Å². The summed E-state index contributed by atoms with van der Waals surface area (Å²) in [6, 6.07) is 0. The standard InChI is InChI=1S/C16H36P2/c1-4-7-11-16(17,12-8-5-2)13-10-15-18-14-9-6-3/h18H,4-15,17H2,1-3H3. The fourth-order valence-electron chi connectivity index (χ4n) is 2.42. The van der Waals surface area contributed by atoms with Gasteiger partial charge in [0, 0.05) is 0 Å². The molecule has 0 heterocycles. The number of hydrogen-bond donors (Lipinski definition) is 0. The molecule has 0 saturated carbocycles. The van der Waals surface area contributed by atoms with E-state index in [0.29, 0.717) is 5.16 Å². The van der Waals surface area contributed by atoms with Crippen LogP contribution in [0.3, 0.4) is 0 Å². The van der Waals surface area contributed by atoms with Gasteiger partial charge < -0.3 is 0 Å². The van der Waals surface area contributed by atoms with Gasteiger partial charge in [0.25, 0.3) is 0 Å². The van der Waals surface area contributed by atoms with Crippen molar-refractivity contribution in [2.45, 2.75) is 90.1 Å². The summed E-state index contributed by atoms with van der Waals surface area (Å²) in [4.78, 5) is 0. The number of hydrogen-bond acceptors (Lipinski definition) is 0. The Morgan fingerprint density at radius 2 is 1.17 bits per heavy atom. The average molecular weight is 290 g/mol. The molecule has 0 aromatic heterocycles. The summed E-state index contributed by atoms with van der Waals surface area (Å²) < 4.78 is 0. The van der Waals surface area contributed by atoms with Crippen molar-refractivity contribution < 1.29 is 0 Å². The highest BCUT2D eigenvalue weighted by Crippen LogP contribution is 2.36. The lowest BCUT2D eigenvalue weighted by Gasteiger charge is -2.29. The molecular formula is C16H36P2. The molecule has 0 spiro atoms. The van der Waals surface area contributed by atoms with Crippen molar-refractivity contribution in [2.75, 3.05) is 12.3 Å². The van der Waals surface area contributed by atoms with E-state index < -0.39 is 0 Å². The second kappa shape index (κ2) is 12.9. The fourth-order valence-corrected chi connectivity index (χ4v) is 4.32. The summed E-state index contributed by atoms with van der Waals surface area (Å²) in [6.07, 6.45) is 17.0. The highest BCUT2D eigenvalue weighted by molar-refractivity contribution is 7.37. The minimum atomic E-state index is 0.571. The van der Waals surface area contributed by atoms with Crippen LogP contribution in [0, 0.1) is 0 Å². The maximum Gasteiger partial charge on any atom is -0.0150 e. The van der Waals surface area contributed by atoms with E-state index in [0.717, 1.165) is 0 Å². The summed E-state index contributed by atoms with van der Waals surface area (Å²) in [5, 5.41) is 0.571. The Morgan fingerprint density at radius 3 is 1.67 bits per heavy atom. The predicted octanol–water partition coefficient (Wildman–Crippen LogP) is 6.24. The van der Waals surface area contributed by atoms with Crippen molar-refractivity contribution >= 4 is 17.8 Å². The Bertz CT molecular complexity index is 160. The molecule has 2 atom stereocenters. The zero-order chi connectivity index (χ0) is 13.7. The summed E-state index contributed by atoms with van der Waals surface area (Å²) in [5.41, 5.74) is 0. The first-order valence-electron chi connectivity index (χ1n) is 8.18. The molecule has 0 aromatic carbocycles. The zero-order valence-electron chi connectivity index (χ0n) is 13.1. The first-order chi connectivity index (χ1) is 8.68. The van der Waals surface area contributed by atoms with Crippen LogP contribution in [0.1, 0.15) is 85.0 Å².